The van der Waals surface area contributed by atoms with Crippen LogP contribution < -0.4 is 10.1 Å². The summed E-state index contributed by atoms with van der Waals surface area (Å²) in [6.45, 7) is 0. The smallest absolute Gasteiger partial charge is 0.416 e. The Morgan fingerprint density at radius 1 is 1.25 bits per heavy atom. The molecule has 1 aromatic carbocycles. The maximum atomic E-state index is 12.6. The van der Waals surface area contributed by atoms with E-state index in [4.69, 9.17) is 4.74 Å². The lowest BCUT2D eigenvalue weighted by molar-refractivity contribution is -0.137. The number of alkyl halides is 3. The molecule has 0 aliphatic rings. The lowest BCUT2D eigenvalue weighted by Gasteiger charge is -2.12. The molecule has 1 rings (SSSR count). The van der Waals surface area contributed by atoms with Gasteiger partial charge in [-0.1, -0.05) is 0 Å². The number of hydrogen-bond acceptors (Lipinski definition) is 3. The van der Waals surface area contributed by atoms with Gasteiger partial charge in [0.1, 0.15) is 5.75 Å². The number of carbonyl (C=O) groups excluding carboxylic acids is 2. The molecule has 0 bridgehead atoms. The van der Waals surface area contributed by atoms with Crippen molar-refractivity contribution in [3.63, 3.8) is 0 Å². The van der Waals surface area contributed by atoms with Gasteiger partial charge in [0.15, 0.2) is 5.78 Å². The molecule has 0 heterocycles. The van der Waals surface area contributed by atoms with Crippen LogP contribution in [0.4, 0.5) is 13.2 Å². The first-order valence-electron chi connectivity index (χ1n) is 5.78. The second-order valence-electron chi connectivity index (χ2n) is 4.01. The quantitative estimate of drug-likeness (QED) is 0.847. The van der Waals surface area contributed by atoms with Crippen molar-refractivity contribution in [1.82, 2.24) is 5.32 Å². The number of rotatable bonds is 5. The molecule has 0 aromatic heterocycles. The van der Waals surface area contributed by atoms with Crippen molar-refractivity contribution >= 4 is 11.7 Å². The Kier molecular flexibility index (Phi) is 5.12. The van der Waals surface area contributed by atoms with E-state index in [-0.39, 0.29) is 30.1 Å². The van der Waals surface area contributed by atoms with Crippen molar-refractivity contribution < 1.29 is 27.5 Å². The number of Topliss-reactive ketones (excluding diaryl/α,β-unsaturated/α-hetero) is 1. The van der Waals surface area contributed by atoms with Crippen molar-refractivity contribution in [2.24, 2.45) is 0 Å². The summed E-state index contributed by atoms with van der Waals surface area (Å²) < 4.78 is 42.7. The zero-order valence-corrected chi connectivity index (χ0v) is 11.0. The SMILES string of the molecule is CNC(=O)CCC(=O)c1cc(C(F)(F)F)ccc1OC. The molecular formula is C13H14F3NO3. The van der Waals surface area contributed by atoms with Gasteiger partial charge in [-0.2, -0.15) is 13.2 Å². The van der Waals surface area contributed by atoms with Crippen molar-refractivity contribution in [1.29, 1.82) is 0 Å². The van der Waals surface area contributed by atoms with Crippen molar-refractivity contribution in [2.75, 3.05) is 14.2 Å². The highest BCUT2D eigenvalue weighted by atomic mass is 19.4. The number of carbonyl (C=O) groups is 2. The topological polar surface area (TPSA) is 55.4 Å². The van der Waals surface area contributed by atoms with E-state index in [1.54, 1.807) is 0 Å². The molecule has 20 heavy (non-hydrogen) atoms. The van der Waals surface area contributed by atoms with Gasteiger partial charge in [0, 0.05) is 19.9 Å². The third-order valence-corrected chi connectivity index (χ3v) is 2.69. The van der Waals surface area contributed by atoms with E-state index in [0.717, 1.165) is 18.2 Å². The predicted molar refractivity (Wildman–Crippen MR) is 65.6 cm³/mol. The summed E-state index contributed by atoms with van der Waals surface area (Å²) in [7, 11) is 2.68. The first-order chi connectivity index (χ1) is 9.29. The largest absolute Gasteiger partial charge is 0.496 e. The number of halogens is 3. The lowest BCUT2D eigenvalue weighted by atomic mass is 10.0. The Hall–Kier alpha value is -2.05. The molecule has 0 saturated carbocycles. The second-order valence-corrected chi connectivity index (χ2v) is 4.01. The van der Waals surface area contributed by atoms with Gasteiger partial charge in [0.25, 0.3) is 0 Å². The van der Waals surface area contributed by atoms with Gasteiger partial charge in [-0.15, -0.1) is 0 Å². The zero-order chi connectivity index (χ0) is 15.3. The molecule has 0 radical (unpaired) electrons. The van der Waals surface area contributed by atoms with Crippen LogP contribution in [0.25, 0.3) is 0 Å². The summed E-state index contributed by atoms with van der Waals surface area (Å²) >= 11 is 0. The number of ether oxygens (including phenoxy) is 1. The van der Waals surface area contributed by atoms with Crippen LogP contribution in [0.2, 0.25) is 0 Å². The number of hydrogen-bond donors (Lipinski definition) is 1. The van der Waals surface area contributed by atoms with Crippen molar-refractivity contribution in [3.05, 3.63) is 29.3 Å². The molecule has 110 valence electrons. The first-order valence-corrected chi connectivity index (χ1v) is 5.78. The van der Waals surface area contributed by atoms with Crippen LogP contribution >= 0.6 is 0 Å². The first kappa shape index (κ1) is 16.0. The third-order valence-electron chi connectivity index (χ3n) is 2.69. The Morgan fingerprint density at radius 3 is 2.40 bits per heavy atom. The van der Waals surface area contributed by atoms with Crippen LogP contribution in [0.3, 0.4) is 0 Å². The highest BCUT2D eigenvalue weighted by Gasteiger charge is 2.32. The van der Waals surface area contributed by atoms with Crippen LogP contribution in [0, 0.1) is 0 Å². The van der Waals surface area contributed by atoms with Crippen molar-refractivity contribution in [2.45, 2.75) is 19.0 Å². The van der Waals surface area contributed by atoms with Crippen LogP contribution in [0.1, 0.15) is 28.8 Å². The molecule has 0 aliphatic heterocycles. The minimum absolute atomic E-state index is 0.0555. The van der Waals surface area contributed by atoms with E-state index in [9.17, 15) is 22.8 Å². The maximum Gasteiger partial charge on any atom is 0.416 e. The number of amides is 1. The summed E-state index contributed by atoms with van der Waals surface area (Å²) in [6.07, 6.45) is -4.81. The molecule has 0 fully saturated rings. The molecule has 0 saturated heterocycles. The molecule has 1 amide bonds. The molecule has 1 N–H and O–H groups in total. The predicted octanol–water partition coefficient (Wildman–Crippen LogP) is 2.42. The van der Waals surface area contributed by atoms with E-state index in [1.807, 2.05) is 0 Å². The van der Waals surface area contributed by atoms with Gasteiger partial charge < -0.3 is 10.1 Å². The Bertz CT molecular complexity index is 512. The number of nitrogens with one attached hydrogen (secondary N) is 1. The monoisotopic (exact) mass is 289 g/mol. The van der Waals surface area contributed by atoms with E-state index >= 15 is 0 Å². The normalized spacial score (nSPS) is 11.1. The molecule has 0 spiro atoms. The Morgan fingerprint density at radius 2 is 1.90 bits per heavy atom. The minimum atomic E-state index is -4.54. The molecule has 4 nitrogen and oxygen atoms in total. The van der Waals surface area contributed by atoms with Gasteiger partial charge in [-0.05, 0) is 18.2 Å². The minimum Gasteiger partial charge on any atom is -0.496 e. The number of benzene rings is 1. The highest BCUT2D eigenvalue weighted by Crippen LogP contribution is 2.33. The molecule has 7 heteroatoms. The van der Waals surface area contributed by atoms with Gasteiger partial charge in [0.05, 0.1) is 18.2 Å². The van der Waals surface area contributed by atoms with Gasteiger partial charge >= 0.3 is 6.18 Å². The Balaban J connectivity index is 3.02. The molecular weight excluding hydrogens is 275 g/mol. The summed E-state index contributed by atoms with van der Waals surface area (Å²) in [4.78, 5) is 23.0. The summed E-state index contributed by atoms with van der Waals surface area (Å²) in [5.41, 5.74) is -1.10. The van der Waals surface area contributed by atoms with Crippen LogP contribution in [0.5, 0.6) is 5.75 Å². The fourth-order valence-electron chi connectivity index (χ4n) is 1.59. The molecule has 0 unspecified atom stereocenters. The zero-order valence-electron chi connectivity index (χ0n) is 11.0. The van der Waals surface area contributed by atoms with Crippen LogP contribution in [-0.4, -0.2) is 25.8 Å². The van der Waals surface area contributed by atoms with Gasteiger partial charge in [-0.3, -0.25) is 9.59 Å². The fourth-order valence-corrected chi connectivity index (χ4v) is 1.59. The summed E-state index contributed by atoms with van der Waals surface area (Å²) in [5, 5.41) is 2.33. The summed E-state index contributed by atoms with van der Waals surface area (Å²) in [6, 6.07) is 2.68. The average molecular weight is 289 g/mol. The molecule has 0 atom stereocenters. The molecule has 1 aromatic rings. The summed E-state index contributed by atoms with van der Waals surface area (Å²) in [5.74, 6) is -0.874. The lowest BCUT2D eigenvalue weighted by Crippen LogP contribution is -2.19. The average Bonchev–Trinajstić information content (AvgIpc) is 2.42. The standard InChI is InChI=1S/C13H14F3NO3/c1-17-12(19)6-4-10(18)9-7-8(13(14,15)16)3-5-11(9)20-2/h3,5,7H,4,6H2,1-2H3,(H,17,19). The van der Waals surface area contributed by atoms with Gasteiger partial charge in [0.2, 0.25) is 5.91 Å². The highest BCUT2D eigenvalue weighted by molar-refractivity contribution is 6.00. The maximum absolute atomic E-state index is 12.6. The van der Waals surface area contributed by atoms with Crippen LogP contribution in [0.15, 0.2) is 18.2 Å². The molecule has 0 aliphatic carbocycles. The number of methoxy groups -OCH3 is 1. The fraction of sp³-hybridized carbons (Fsp3) is 0.385. The van der Waals surface area contributed by atoms with Crippen LogP contribution in [-0.2, 0) is 11.0 Å². The van der Waals surface area contributed by atoms with E-state index in [0.29, 0.717) is 0 Å². The van der Waals surface area contributed by atoms with E-state index in [2.05, 4.69) is 5.32 Å². The van der Waals surface area contributed by atoms with Crippen molar-refractivity contribution in [3.8, 4) is 5.75 Å². The number of ketones is 1. The van der Waals surface area contributed by atoms with Gasteiger partial charge in [-0.25, -0.2) is 0 Å². The Labute approximate surface area is 113 Å². The second kappa shape index (κ2) is 6.40. The van der Waals surface area contributed by atoms with E-state index in [1.165, 1.54) is 14.2 Å². The van der Waals surface area contributed by atoms with E-state index < -0.39 is 17.5 Å². The third kappa shape index (κ3) is 3.97.